The van der Waals surface area contributed by atoms with Crippen molar-refractivity contribution in [3.05, 3.63) is 60.2 Å². The smallest absolute Gasteiger partial charge is 0.227 e. The van der Waals surface area contributed by atoms with Gasteiger partial charge in [-0.15, -0.1) is 0 Å². The zero-order valence-electron chi connectivity index (χ0n) is 22.1. The van der Waals surface area contributed by atoms with Gasteiger partial charge < -0.3 is 23.5 Å². The van der Waals surface area contributed by atoms with Crippen LogP contribution < -0.4 is 9.64 Å². The number of aromatic nitrogens is 3. The summed E-state index contributed by atoms with van der Waals surface area (Å²) in [5.74, 6) is 1.78. The van der Waals surface area contributed by atoms with E-state index in [4.69, 9.17) is 19.0 Å². The summed E-state index contributed by atoms with van der Waals surface area (Å²) in [6, 6.07) is 13.9. The number of aryl methyl sites for hydroxylation is 1. The summed E-state index contributed by atoms with van der Waals surface area (Å²) in [4.78, 5) is 22.7. The molecular weight excluding hydrogens is 482 g/mol. The molecule has 0 aliphatic carbocycles. The van der Waals surface area contributed by atoms with Crippen LogP contribution in [0, 0.1) is 6.92 Å². The average molecular weight is 516 g/mol. The van der Waals surface area contributed by atoms with E-state index < -0.39 is 0 Å². The van der Waals surface area contributed by atoms with E-state index in [0.29, 0.717) is 12.5 Å². The van der Waals surface area contributed by atoms with E-state index in [1.807, 2.05) is 48.2 Å². The summed E-state index contributed by atoms with van der Waals surface area (Å²) < 4.78 is 18.6. The topological polar surface area (TPSA) is 85.9 Å². The van der Waals surface area contributed by atoms with Gasteiger partial charge in [-0.25, -0.2) is 4.98 Å². The quantitative estimate of drug-likeness (QED) is 0.356. The van der Waals surface area contributed by atoms with Gasteiger partial charge in [0, 0.05) is 54.9 Å². The van der Waals surface area contributed by atoms with Crippen LogP contribution in [0.1, 0.15) is 37.3 Å². The first-order valence-electron chi connectivity index (χ1n) is 13.2. The fraction of sp³-hybridized carbons (Fsp3) is 0.414. The number of anilines is 1. The normalized spacial score (nSPS) is 19.4. The molecule has 6 rings (SSSR count). The highest BCUT2D eigenvalue weighted by atomic mass is 16.5. The highest BCUT2D eigenvalue weighted by Gasteiger charge is 2.37. The van der Waals surface area contributed by atoms with Crippen molar-refractivity contribution in [2.45, 2.75) is 45.3 Å². The lowest BCUT2D eigenvalue weighted by Crippen LogP contribution is -2.44. The second kappa shape index (κ2) is 10.2. The molecule has 9 heteroatoms. The van der Waals surface area contributed by atoms with E-state index in [0.717, 1.165) is 84.5 Å². The van der Waals surface area contributed by atoms with Crippen molar-refractivity contribution in [2.24, 2.45) is 0 Å². The van der Waals surface area contributed by atoms with Crippen LogP contribution in [0.15, 0.2) is 53.2 Å². The van der Waals surface area contributed by atoms with Crippen LogP contribution >= 0.6 is 0 Å². The predicted octanol–water partition coefficient (Wildman–Crippen LogP) is 4.60. The van der Waals surface area contributed by atoms with E-state index in [9.17, 15) is 4.79 Å². The Kier molecular flexibility index (Phi) is 6.63. The molecule has 0 unspecified atom stereocenters. The third-order valence-corrected chi connectivity index (χ3v) is 7.74. The molecule has 2 aliphatic heterocycles. The summed E-state index contributed by atoms with van der Waals surface area (Å²) in [6.07, 6.45) is 3.34. The second-order valence-electron chi connectivity index (χ2n) is 10.1. The minimum Gasteiger partial charge on any atom is -0.497 e. The molecule has 9 nitrogen and oxygen atoms in total. The SMILES string of the molecule is COc1ccc(N2C(=O)CC[C@H]2c2nc(-c3ccc4onc(C)c4c3)cn2C[C@H](C)N2CCOCC2)cc1. The van der Waals surface area contributed by atoms with Gasteiger partial charge in [0.05, 0.1) is 37.8 Å². The molecule has 0 spiro atoms. The Hall–Kier alpha value is -3.69. The van der Waals surface area contributed by atoms with Gasteiger partial charge in [0.25, 0.3) is 0 Å². The minimum atomic E-state index is -0.150. The number of carbonyl (C=O) groups is 1. The Labute approximate surface area is 221 Å². The molecule has 0 N–H and O–H groups in total. The number of amides is 1. The van der Waals surface area contributed by atoms with Gasteiger partial charge >= 0.3 is 0 Å². The van der Waals surface area contributed by atoms with Gasteiger partial charge in [0.1, 0.15) is 11.6 Å². The van der Waals surface area contributed by atoms with E-state index in [1.165, 1.54) is 0 Å². The molecule has 0 radical (unpaired) electrons. The first kappa shape index (κ1) is 24.6. The molecule has 0 bridgehead atoms. The van der Waals surface area contributed by atoms with Crippen LogP contribution in [0.25, 0.3) is 22.2 Å². The van der Waals surface area contributed by atoms with Gasteiger partial charge in [0.15, 0.2) is 5.58 Å². The molecule has 2 fully saturated rings. The standard InChI is InChI=1S/C29H33N5O4/c1-19(32-12-14-37-15-13-32)17-33-18-25(21-4-10-27-24(16-21)20(2)31-38-27)30-29(33)26-9-11-28(35)34(26)22-5-7-23(36-3)8-6-22/h4-8,10,16,18-19,26H,9,11-15,17H2,1-3H3/t19-,26-/m0/s1. The van der Waals surface area contributed by atoms with E-state index in [1.54, 1.807) is 7.11 Å². The lowest BCUT2D eigenvalue weighted by Gasteiger charge is -2.33. The molecule has 2 saturated heterocycles. The number of rotatable bonds is 7. The monoisotopic (exact) mass is 515 g/mol. The Bertz CT molecular complexity index is 1440. The maximum atomic E-state index is 13.1. The summed E-state index contributed by atoms with van der Waals surface area (Å²) in [5.41, 5.74) is 4.36. The molecule has 2 aromatic carbocycles. The van der Waals surface area contributed by atoms with Crippen LogP contribution in [-0.2, 0) is 16.1 Å². The summed E-state index contributed by atoms with van der Waals surface area (Å²) in [7, 11) is 1.64. The van der Waals surface area contributed by atoms with Gasteiger partial charge in [-0.3, -0.25) is 9.69 Å². The number of fused-ring (bicyclic) bond motifs is 1. The fourth-order valence-electron chi connectivity index (χ4n) is 5.61. The number of morpholine rings is 1. The van der Waals surface area contributed by atoms with Crippen molar-refractivity contribution in [2.75, 3.05) is 38.3 Å². The van der Waals surface area contributed by atoms with Crippen molar-refractivity contribution < 1.29 is 18.8 Å². The minimum absolute atomic E-state index is 0.110. The molecular formula is C29H33N5O4. The lowest BCUT2D eigenvalue weighted by molar-refractivity contribution is -0.117. The summed E-state index contributed by atoms with van der Waals surface area (Å²) in [5, 5.41) is 5.08. The van der Waals surface area contributed by atoms with Gasteiger partial charge in [-0.05, 0) is 62.7 Å². The van der Waals surface area contributed by atoms with Gasteiger partial charge in [-0.1, -0.05) is 5.16 Å². The summed E-state index contributed by atoms with van der Waals surface area (Å²) in [6.45, 7) is 8.32. The molecule has 2 aromatic heterocycles. The first-order chi connectivity index (χ1) is 18.5. The van der Waals surface area contributed by atoms with Crippen molar-refractivity contribution >= 4 is 22.6 Å². The zero-order chi connectivity index (χ0) is 26.2. The molecule has 2 atom stereocenters. The van der Waals surface area contributed by atoms with Crippen LogP contribution in [0.3, 0.4) is 0 Å². The van der Waals surface area contributed by atoms with Gasteiger partial charge in [-0.2, -0.15) is 0 Å². The number of hydrogen-bond donors (Lipinski definition) is 0. The van der Waals surface area contributed by atoms with Crippen molar-refractivity contribution in [3.8, 4) is 17.0 Å². The van der Waals surface area contributed by atoms with Crippen molar-refractivity contribution in [1.29, 1.82) is 0 Å². The highest BCUT2D eigenvalue weighted by Crippen LogP contribution is 2.38. The van der Waals surface area contributed by atoms with E-state index in [-0.39, 0.29) is 11.9 Å². The average Bonchev–Trinajstić information content (AvgIpc) is 3.65. The van der Waals surface area contributed by atoms with E-state index >= 15 is 0 Å². The van der Waals surface area contributed by atoms with Gasteiger partial charge in [0.2, 0.25) is 5.91 Å². The Balaban J connectivity index is 1.39. The number of imidazole rings is 1. The summed E-state index contributed by atoms with van der Waals surface area (Å²) >= 11 is 0. The third kappa shape index (κ3) is 4.56. The fourth-order valence-corrected chi connectivity index (χ4v) is 5.61. The number of nitrogens with zero attached hydrogens (tertiary/aromatic N) is 5. The highest BCUT2D eigenvalue weighted by molar-refractivity contribution is 5.96. The molecule has 4 aromatic rings. The largest absolute Gasteiger partial charge is 0.497 e. The number of ether oxygens (including phenoxy) is 2. The molecule has 4 heterocycles. The Morgan fingerprint density at radius 1 is 1.13 bits per heavy atom. The van der Waals surface area contributed by atoms with Crippen LogP contribution in [0.2, 0.25) is 0 Å². The van der Waals surface area contributed by atoms with E-state index in [2.05, 4.69) is 33.8 Å². The molecule has 2 aliphatic rings. The van der Waals surface area contributed by atoms with Crippen LogP contribution in [-0.4, -0.2) is 65.0 Å². The van der Waals surface area contributed by atoms with Crippen molar-refractivity contribution in [1.82, 2.24) is 19.6 Å². The second-order valence-corrected chi connectivity index (χ2v) is 10.1. The predicted molar refractivity (Wildman–Crippen MR) is 144 cm³/mol. The zero-order valence-corrected chi connectivity index (χ0v) is 22.1. The maximum Gasteiger partial charge on any atom is 0.227 e. The number of hydrogen-bond acceptors (Lipinski definition) is 7. The number of benzene rings is 2. The van der Waals surface area contributed by atoms with Crippen LogP contribution in [0.5, 0.6) is 5.75 Å². The maximum absolute atomic E-state index is 13.1. The Morgan fingerprint density at radius 2 is 1.92 bits per heavy atom. The Morgan fingerprint density at radius 3 is 2.68 bits per heavy atom. The first-order valence-corrected chi connectivity index (χ1v) is 13.2. The lowest BCUT2D eigenvalue weighted by atomic mass is 10.1. The third-order valence-electron chi connectivity index (χ3n) is 7.74. The molecule has 198 valence electrons. The van der Waals surface area contributed by atoms with Crippen LogP contribution in [0.4, 0.5) is 5.69 Å². The number of carbonyl (C=O) groups excluding carboxylic acids is 1. The molecule has 38 heavy (non-hydrogen) atoms. The van der Waals surface area contributed by atoms with Crippen molar-refractivity contribution in [3.63, 3.8) is 0 Å². The number of methoxy groups -OCH3 is 1. The molecule has 0 saturated carbocycles. The molecule has 1 amide bonds.